The number of aromatic nitrogens is 1. The first kappa shape index (κ1) is 18.6. The Morgan fingerprint density at radius 3 is 2.79 bits per heavy atom. The molecule has 28 heavy (non-hydrogen) atoms. The molecule has 0 saturated carbocycles. The van der Waals surface area contributed by atoms with E-state index in [1.165, 1.54) is 40.1 Å². The Bertz CT molecular complexity index is 1040. The highest BCUT2D eigenvalue weighted by molar-refractivity contribution is 8.02. The molecule has 4 rings (SSSR count). The molecule has 5 nitrogen and oxygen atoms in total. The van der Waals surface area contributed by atoms with Crippen LogP contribution in [-0.2, 0) is 9.59 Å². The summed E-state index contributed by atoms with van der Waals surface area (Å²) in [7, 11) is 0. The molecular formula is C20H16FN3O2S2. The second-order valence-electron chi connectivity index (χ2n) is 6.26. The maximum atomic E-state index is 13.1. The summed E-state index contributed by atoms with van der Waals surface area (Å²) in [5, 5.41) is 4.26. The Balaban J connectivity index is 1.50. The van der Waals surface area contributed by atoms with Crippen molar-refractivity contribution in [2.45, 2.75) is 16.5 Å². The minimum atomic E-state index is -0.411. The number of fused-ring (bicyclic) bond motifs is 1. The third-order valence-corrected chi connectivity index (χ3v) is 6.34. The number of nitrogens with one attached hydrogen (secondary N) is 1. The van der Waals surface area contributed by atoms with Gasteiger partial charge in [0.25, 0.3) is 0 Å². The number of carbonyl (C=O) groups is 2. The number of hydrogen-bond donors (Lipinski definition) is 1. The van der Waals surface area contributed by atoms with Gasteiger partial charge in [0.1, 0.15) is 12.4 Å². The third kappa shape index (κ3) is 3.79. The second kappa shape index (κ2) is 7.73. The fourth-order valence-electron chi connectivity index (χ4n) is 2.92. The molecule has 1 atom stereocenters. The van der Waals surface area contributed by atoms with Crippen molar-refractivity contribution in [1.82, 2.24) is 4.98 Å². The van der Waals surface area contributed by atoms with Gasteiger partial charge in [-0.25, -0.2) is 9.37 Å². The van der Waals surface area contributed by atoms with E-state index in [-0.39, 0.29) is 24.2 Å². The Hall–Kier alpha value is -2.71. The first-order chi connectivity index (χ1) is 13.5. The van der Waals surface area contributed by atoms with Gasteiger partial charge in [-0.05, 0) is 43.3 Å². The van der Waals surface area contributed by atoms with Gasteiger partial charge in [0, 0.05) is 10.9 Å². The number of nitrogens with zero attached hydrogens (tertiary/aromatic N) is 2. The van der Waals surface area contributed by atoms with E-state index in [0.717, 1.165) is 15.6 Å². The van der Waals surface area contributed by atoms with Crippen molar-refractivity contribution in [2.75, 3.05) is 16.8 Å². The molecule has 2 amide bonds. The topological polar surface area (TPSA) is 62.3 Å². The predicted octanol–water partition coefficient (Wildman–Crippen LogP) is 4.42. The van der Waals surface area contributed by atoms with E-state index < -0.39 is 5.25 Å². The Kier molecular flexibility index (Phi) is 5.15. The molecule has 142 valence electrons. The van der Waals surface area contributed by atoms with E-state index in [4.69, 9.17) is 0 Å². The van der Waals surface area contributed by atoms with E-state index >= 15 is 0 Å². The zero-order chi connectivity index (χ0) is 19.7. The predicted molar refractivity (Wildman–Crippen MR) is 110 cm³/mol. The zero-order valence-electron chi connectivity index (χ0n) is 14.9. The lowest BCUT2D eigenvalue weighted by atomic mass is 10.2. The number of halogens is 1. The van der Waals surface area contributed by atoms with Crippen molar-refractivity contribution in [2.24, 2.45) is 0 Å². The van der Waals surface area contributed by atoms with Crippen molar-refractivity contribution >= 4 is 46.3 Å². The van der Waals surface area contributed by atoms with Crippen LogP contribution in [0.15, 0.2) is 58.3 Å². The molecule has 0 radical (unpaired) electrons. The fraction of sp³-hybridized carbons (Fsp3) is 0.150. The van der Waals surface area contributed by atoms with Crippen molar-refractivity contribution in [3.63, 3.8) is 0 Å². The first-order valence-corrected chi connectivity index (χ1v) is 10.4. The lowest BCUT2D eigenvalue weighted by Gasteiger charge is -2.30. The van der Waals surface area contributed by atoms with Gasteiger partial charge in [-0.2, -0.15) is 0 Å². The molecule has 0 fully saturated rings. The van der Waals surface area contributed by atoms with Crippen LogP contribution in [0.2, 0.25) is 0 Å². The van der Waals surface area contributed by atoms with Gasteiger partial charge < -0.3 is 5.32 Å². The minimum absolute atomic E-state index is 0.000550. The molecule has 0 aliphatic carbocycles. The monoisotopic (exact) mass is 413 g/mol. The van der Waals surface area contributed by atoms with Crippen LogP contribution in [0, 0.1) is 5.82 Å². The summed E-state index contributed by atoms with van der Waals surface area (Å²) in [5.74, 6) is -0.651. The van der Waals surface area contributed by atoms with Gasteiger partial charge in [-0.15, -0.1) is 11.3 Å². The van der Waals surface area contributed by atoms with E-state index in [2.05, 4.69) is 10.3 Å². The van der Waals surface area contributed by atoms with E-state index in [1.807, 2.05) is 23.6 Å². The highest BCUT2D eigenvalue weighted by Crippen LogP contribution is 2.34. The van der Waals surface area contributed by atoms with Crippen LogP contribution < -0.4 is 10.2 Å². The number of para-hydroxylation sites is 2. The minimum Gasteiger partial charge on any atom is -0.323 e. The van der Waals surface area contributed by atoms with Crippen LogP contribution in [0.1, 0.15) is 6.92 Å². The fourth-order valence-corrected chi connectivity index (χ4v) is 4.95. The molecule has 2 aromatic carbocycles. The highest BCUT2D eigenvalue weighted by atomic mass is 32.2. The van der Waals surface area contributed by atoms with Crippen molar-refractivity contribution < 1.29 is 14.0 Å². The van der Waals surface area contributed by atoms with Crippen LogP contribution in [0.4, 0.5) is 15.8 Å². The quantitative estimate of drug-likeness (QED) is 0.644. The van der Waals surface area contributed by atoms with Gasteiger partial charge in [0.05, 0.1) is 22.3 Å². The van der Waals surface area contributed by atoms with E-state index in [0.29, 0.717) is 11.4 Å². The molecule has 0 saturated heterocycles. The maximum absolute atomic E-state index is 13.1. The third-order valence-electron chi connectivity index (χ3n) is 4.29. The maximum Gasteiger partial charge on any atom is 0.244 e. The van der Waals surface area contributed by atoms with Gasteiger partial charge in [0.15, 0.2) is 4.34 Å². The second-order valence-corrected chi connectivity index (χ2v) is 8.70. The summed E-state index contributed by atoms with van der Waals surface area (Å²) < 4.78 is 13.8. The van der Waals surface area contributed by atoms with E-state index in [1.54, 1.807) is 25.1 Å². The largest absolute Gasteiger partial charge is 0.323 e. The summed E-state index contributed by atoms with van der Waals surface area (Å²) in [5.41, 5.74) is 2.91. The average molecular weight is 413 g/mol. The van der Waals surface area contributed by atoms with Crippen LogP contribution in [-0.4, -0.2) is 28.6 Å². The molecule has 2 heterocycles. The molecule has 8 heteroatoms. The summed E-state index contributed by atoms with van der Waals surface area (Å²) in [6, 6.07) is 13.4. The van der Waals surface area contributed by atoms with Gasteiger partial charge in [-0.1, -0.05) is 23.9 Å². The van der Waals surface area contributed by atoms with Crippen molar-refractivity contribution in [1.29, 1.82) is 0 Å². The zero-order valence-corrected chi connectivity index (χ0v) is 16.5. The lowest BCUT2D eigenvalue weighted by molar-refractivity contribution is -0.121. The Morgan fingerprint density at radius 1 is 1.25 bits per heavy atom. The Labute approximate surface area is 169 Å². The van der Waals surface area contributed by atoms with Gasteiger partial charge in [0.2, 0.25) is 11.8 Å². The average Bonchev–Trinajstić information content (AvgIpc) is 3.15. The van der Waals surface area contributed by atoms with Crippen LogP contribution in [0.5, 0.6) is 0 Å². The number of anilines is 2. The molecule has 1 aliphatic rings. The molecular weight excluding hydrogens is 397 g/mol. The van der Waals surface area contributed by atoms with Gasteiger partial charge in [-0.3, -0.25) is 14.5 Å². The number of thiazole rings is 1. The highest BCUT2D eigenvalue weighted by Gasteiger charge is 2.30. The number of hydrogen-bond acceptors (Lipinski definition) is 5. The molecule has 1 aromatic heterocycles. The van der Waals surface area contributed by atoms with Crippen LogP contribution in [0.25, 0.3) is 11.3 Å². The SMILES string of the molecule is CC(Sc1nc(-c2ccc(F)cc2)cs1)C(=O)N1CC(=O)Nc2ccccc21. The normalized spacial score (nSPS) is 14.4. The number of carbonyl (C=O) groups excluding carboxylic acids is 2. The molecule has 3 aromatic rings. The lowest BCUT2D eigenvalue weighted by Crippen LogP contribution is -2.45. The molecule has 1 aliphatic heterocycles. The summed E-state index contributed by atoms with van der Waals surface area (Å²) in [6.07, 6.45) is 0. The first-order valence-electron chi connectivity index (χ1n) is 8.59. The van der Waals surface area contributed by atoms with Crippen molar-refractivity contribution in [3.8, 4) is 11.3 Å². The molecule has 0 spiro atoms. The molecule has 0 bridgehead atoms. The summed E-state index contributed by atoms with van der Waals surface area (Å²) in [4.78, 5) is 31.0. The Morgan fingerprint density at radius 2 is 2.00 bits per heavy atom. The smallest absolute Gasteiger partial charge is 0.244 e. The standard InChI is InChI=1S/C20H16FN3O2S2/c1-12(19(26)24-10-18(25)22-15-4-2-3-5-17(15)24)28-20-23-16(11-27-20)13-6-8-14(21)9-7-13/h2-9,11-12H,10H2,1H3,(H,22,25). The van der Waals surface area contributed by atoms with E-state index in [9.17, 15) is 14.0 Å². The molecule has 1 unspecified atom stereocenters. The summed E-state index contributed by atoms with van der Waals surface area (Å²) >= 11 is 2.79. The van der Waals surface area contributed by atoms with Gasteiger partial charge >= 0.3 is 0 Å². The van der Waals surface area contributed by atoms with Crippen LogP contribution in [0.3, 0.4) is 0 Å². The number of benzene rings is 2. The number of thioether (sulfide) groups is 1. The summed E-state index contributed by atoms with van der Waals surface area (Å²) in [6.45, 7) is 1.81. The number of amides is 2. The van der Waals surface area contributed by atoms with Crippen LogP contribution >= 0.6 is 23.1 Å². The van der Waals surface area contributed by atoms with Crippen molar-refractivity contribution in [3.05, 3.63) is 59.7 Å². The number of rotatable bonds is 4. The molecule has 1 N–H and O–H groups in total.